The van der Waals surface area contributed by atoms with Gasteiger partial charge < -0.3 is 5.32 Å². The first-order chi connectivity index (χ1) is 8.31. The van der Waals surface area contributed by atoms with E-state index in [0.29, 0.717) is 16.9 Å². The molecule has 0 amide bonds. The lowest BCUT2D eigenvalue weighted by Gasteiger charge is -2.05. The second-order valence-corrected chi connectivity index (χ2v) is 4.69. The van der Waals surface area contributed by atoms with E-state index in [4.69, 9.17) is 11.6 Å². The van der Waals surface area contributed by atoms with Crippen molar-refractivity contribution in [2.75, 3.05) is 5.32 Å². The van der Waals surface area contributed by atoms with Crippen LogP contribution in [0.2, 0.25) is 5.02 Å². The van der Waals surface area contributed by atoms with Gasteiger partial charge in [-0.05, 0) is 42.5 Å². The van der Waals surface area contributed by atoms with Gasteiger partial charge in [0.25, 0.3) is 0 Å². The molecule has 0 bridgehead atoms. The third kappa shape index (κ3) is 2.56. The van der Waals surface area contributed by atoms with Gasteiger partial charge in [0, 0.05) is 23.1 Å². The summed E-state index contributed by atoms with van der Waals surface area (Å²) in [4.78, 5) is 8.60. The SMILES string of the molecule is Clc1cccc(Nc2ncc(C3CC3)cn2)c1. The number of rotatable bonds is 3. The number of hydrogen-bond donors (Lipinski definition) is 1. The maximum Gasteiger partial charge on any atom is 0.227 e. The van der Waals surface area contributed by atoms with E-state index in [1.54, 1.807) is 0 Å². The highest BCUT2D eigenvalue weighted by atomic mass is 35.5. The minimum atomic E-state index is 0.608. The van der Waals surface area contributed by atoms with Crippen LogP contribution >= 0.6 is 11.6 Å². The first kappa shape index (κ1) is 10.5. The number of halogens is 1. The molecule has 3 rings (SSSR count). The van der Waals surface area contributed by atoms with Gasteiger partial charge in [0.15, 0.2) is 0 Å². The van der Waals surface area contributed by atoms with Crippen molar-refractivity contribution in [1.82, 2.24) is 9.97 Å². The van der Waals surface area contributed by atoms with Gasteiger partial charge >= 0.3 is 0 Å². The zero-order valence-electron chi connectivity index (χ0n) is 9.23. The minimum Gasteiger partial charge on any atom is -0.324 e. The third-order valence-corrected chi connectivity index (χ3v) is 3.04. The van der Waals surface area contributed by atoms with Crippen LogP contribution in [0.4, 0.5) is 11.6 Å². The Bertz CT molecular complexity index is 520. The van der Waals surface area contributed by atoms with Crippen molar-refractivity contribution in [1.29, 1.82) is 0 Å². The summed E-state index contributed by atoms with van der Waals surface area (Å²) in [5, 5.41) is 3.82. The van der Waals surface area contributed by atoms with Gasteiger partial charge in [0.2, 0.25) is 5.95 Å². The smallest absolute Gasteiger partial charge is 0.227 e. The van der Waals surface area contributed by atoms with Gasteiger partial charge in [-0.3, -0.25) is 0 Å². The monoisotopic (exact) mass is 245 g/mol. The molecule has 3 nitrogen and oxygen atoms in total. The molecule has 1 N–H and O–H groups in total. The average molecular weight is 246 g/mol. The maximum atomic E-state index is 5.91. The summed E-state index contributed by atoms with van der Waals surface area (Å²) in [6, 6.07) is 7.51. The second-order valence-electron chi connectivity index (χ2n) is 4.25. The first-order valence-corrected chi connectivity index (χ1v) is 6.03. The van der Waals surface area contributed by atoms with Crippen molar-refractivity contribution in [2.45, 2.75) is 18.8 Å². The fraction of sp³-hybridized carbons (Fsp3) is 0.231. The molecule has 0 aliphatic heterocycles. The molecule has 0 radical (unpaired) electrons. The van der Waals surface area contributed by atoms with E-state index in [1.165, 1.54) is 18.4 Å². The highest BCUT2D eigenvalue weighted by molar-refractivity contribution is 6.30. The van der Waals surface area contributed by atoms with Crippen LogP contribution in [0.3, 0.4) is 0 Å². The minimum absolute atomic E-state index is 0.608. The quantitative estimate of drug-likeness (QED) is 0.895. The zero-order chi connectivity index (χ0) is 11.7. The van der Waals surface area contributed by atoms with E-state index < -0.39 is 0 Å². The molecule has 86 valence electrons. The molecular weight excluding hydrogens is 234 g/mol. The van der Waals surface area contributed by atoms with Crippen molar-refractivity contribution in [2.24, 2.45) is 0 Å². The summed E-state index contributed by atoms with van der Waals surface area (Å²) in [5.41, 5.74) is 2.14. The number of hydrogen-bond acceptors (Lipinski definition) is 3. The summed E-state index contributed by atoms with van der Waals surface area (Å²) in [5.74, 6) is 1.30. The normalized spacial score (nSPS) is 14.6. The molecule has 1 saturated carbocycles. The second kappa shape index (κ2) is 4.34. The molecule has 0 atom stereocenters. The van der Waals surface area contributed by atoms with Crippen molar-refractivity contribution in [3.63, 3.8) is 0 Å². The van der Waals surface area contributed by atoms with Crippen LogP contribution in [0.1, 0.15) is 24.3 Å². The average Bonchev–Trinajstić information content (AvgIpc) is 3.14. The van der Waals surface area contributed by atoms with Crippen molar-refractivity contribution in [3.8, 4) is 0 Å². The number of nitrogens with one attached hydrogen (secondary N) is 1. The van der Waals surface area contributed by atoms with E-state index in [-0.39, 0.29) is 0 Å². The summed E-state index contributed by atoms with van der Waals surface area (Å²) >= 11 is 5.91. The Morgan fingerprint density at radius 2 is 1.94 bits per heavy atom. The van der Waals surface area contributed by atoms with Crippen LogP contribution in [0, 0.1) is 0 Å². The Morgan fingerprint density at radius 3 is 2.59 bits per heavy atom. The van der Waals surface area contributed by atoms with E-state index in [0.717, 1.165) is 5.69 Å². The number of benzene rings is 1. The molecule has 1 aromatic carbocycles. The maximum absolute atomic E-state index is 5.91. The molecule has 2 aromatic rings. The standard InChI is InChI=1S/C13H12ClN3/c14-11-2-1-3-12(6-11)17-13-15-7-10(8-16-13)9-4-5-9/h1-3,6-9H,4-5H2,(H,15,16,17). The van der Waals surface area contributed by atoms with Crippen LogP contribution in [0.25, 0.3) is 0 Å². The molecule has 1 fully saturated rings. The van der Waals surface area contributed by atoms with Gasteiger partial charge in [-0.2, -0.15) is 0 Å². The van der Waals surface area contributed by atoms with Crippen LogP contribution in [-0.4, -0.2) is 9.97 Å². The summed E-state index contributed by atoms with van der Waals surface area (Å²) in [6.07, 6.45) is 6.34. The van der Waals surface area contributed by atoms with Crippen molar-refractivity contribution in [3.05, 3.63) is 47.2 Å². The fourth-order valence-corrected chi connectivity index (χ4v) is 1.92. The molecule has 0 unspecified atom stereocenters. The van der Waals surface area contributed by atoms with Gasteiger partial charge in [-0.15, -0.1) is 0 Å². The fourth-order valence-electron chi connectivity index (χ4n) is 1.73. The zero-order valence-corrected chi connectivity index (χ0v) is 9.98. The van der Waals surface area contributed by atoms with Gasteiger partial charge in [0.05, 0.1) is 0 Å². The third-order valence-electron chi connectivity index (χ3n) is 2.80. The van der Waals surface area contributed by atoms with Crippen LogP contribution < -0.4 is 5.32 Å². The summed E-state index contributed by atoms with van der Waals surface area (Å²) < 4.78 is 0. The Labute approximate surface area is 105 Å². The Morgan fingerprint density at radius 1 is 1.18 bits per heavy atom. The van der Waals surface area contributed by atoms with Crippen molar-refractivity contribution >= 4 is 23.2 Å². The van der Waals surface area contributed by atoms with Gasteiger partial charge in [-0.1, -0.05) is 17.7 Å². The number of anilines is 2. The van der Waals surface area contributed by atoms with E-state index >= 15 is 0 Å². The topological polar surface area (TPSA) is 37.8 Å². The lowest BCUT2D eigenvalue weighted by atomic mass is 10.2. The molecule has 1 heterocycles. The molecule has 4 heteroatoms. The molecule has 17 heavy (non-hydrogen) atoms. The Hall–Kier alpha value is -1.61. The molecule has 1 aromatic heterocycles. The summed E-state index contributed by atoms with van der Waals surface area (Å²) in [7, 11) is 0. The number of aromatic nitrogens is 2. The predicted octanol–water partition coefficient (Wildman–Crippen LogP) is 3.75. The first-order valence-electron chi connectivity index (χ1n) is 5.66. The highest BCUT2D eigenvalue weighted by Gasteiger charge is 2.23. The number of nitrogens with zero attached hydrogens (tertiary/aromatic N) is 2. The highest BCUT2D eigenvalue weighted by Crippen LogP contribution is 2.39. The molecule has 1 aliphatic rings. The lowest BCUT2D eigenvalue weighted by molar-refractivity contribution is 1.04. The molecule has 0 spiro atoms. The van der Waals surface area contributed by atoms with Gasteiger partial charge in [0.1, 0.15) is 0 Å². The van der Waals surface area contributed by atoms with E-state index in [9.17, 15) is 0 Å². The lowest BCUT2D eigenvalue weighted by Crippen LogP contribution is -1.97. The molecule has 0 saturated heterocycles. The molecule has 1 aliphatic carbocycles. The van der Waals surface area contributed by atoms with Crippen LogP contribution in [-0.2, 0) is 0 Å². The van der Waals surface area contributed by atoms with Gasteiger partial charge in [-0.25, -0.2) is 9.97 Å². The van der Waals surface area contributed by atoms with Crippen LogP contribution in [0.5, 0.6) is 0 Å². The Balaban J connectivity index is 1.76. The van der Waals surface area contributed by atoms with E-state index in [2.05, 4.69) is 15.3 Å². The van der Waals surface area contributed by atoms with E-state index in [1.807, 2.05) is 36.7 Å². The largest absolute Gasteiger partial charge is 0.324 e. The molecular formula is C13H12ClN3. The predicted molar refractivity (Wildman–Crippen MR) is 68.7 cm³/mol. The van der Waals surface area contributed by atoms with Crippen molar-refractivity contribution < 1.29 is 0 Å². The summed E-state index contributed by atoms with van der Waals surface area (Å²) in [6.45, 7) is 0. The van der Waals surface area contributed by atoms with Crippen LogP contribution in [0.15, 0.2) is 36.7 Å². The Kier molecular flexibility index (Phi) is 2.69.